The van der Waals surface area contributed by atoms with Crippen molar-refractivity contribution in [3.8, 4) is 0 Å². The normalized spacial score (nSPS) is 18.2. The summed E-state index contributed by atoms with van der Waals surface area (Å²) in [6.45, 7) is 3.59. The Balaban J connectivity index is 2.19. The summed E-state index contributed by atoms with van der Waals surface area (Å²) in [4.78, 5) is 0. The zero-order valence-corrected chi connectivity index (χ0v) is 7.88. The van der Waals surface area contributed by atoms with Crippen LogP contribution < -0.4 is 0 Å². The molecule has 0 radical (unpaired) electrons. The summed E-state index contributed by atoms with van der Waals surface area (Å²) in [5.74, 6) is 0. The minimum absolute atomic E-state index is 0.758. The molecule has 1 nitrogen and oxygen atoms in total. The molecule has 0 atom stereocenters. The van der Waals surface area contributed by atoms with E-state index in [1.54, 1.807) is 0 Å². The molecule has 0 unspecified atom stereocenters. The van der Waals surface area contributed by atoms with Crippen molar-refractivity contribution in [3.63, 3.8) is 0 Å². The van der Waals surface area contributed by atoms with Crippen molar-refractivity contribution < 1.29 is 4.74 Å². The maximum absolute atomic E-state index is 5.21. The van der Waals surface area contributed by atoms with Gasteiger partial charge in [-0.05, 0) is 32.6 Å². The second kappa shape index (κ2) is 6.01. The van der Waals surface area contributed by atoms with Crippen LogP contribution in [-0.2, 0) is 4.74 Å². The van der Waals surface area contributed by atoms with E-state index >= 15 is 0 Å². The summed E-state index contributed by atoms with van der Waals surface area (Å²) in [5, 5.41) is 0. The Bertz CT molecular complexity index is 168. The van der Waals surface area contributed by atoms with Gasteiger partial charge in [0.2, 0.25) is 0 Å². The number of hydrogen-bond acceptors (Lipinski definition) is 1. The molecule has 1 aliphatic rings. The van der Waals surface area contributed by atoms with Crippen LogP contribution in [-0.4, -0.2) is 13.2 Å². The first-order valence-electron chi connectivity index (χ1n) is 4.87. The fourth-order valence-corrected chi connectivity index (χ4v) is 1.40. The average Bonchev–Trinajstić information content (AvgIpc) is 2.14. The van der Waals surface area contributed by atoms with E-state index in [9.17, 15) is 0 Å². The molecule has 1 aliphatic carbocycles. The van der Waals surface area contributed by atoms with E-state index in [0.29, 0.717) is 0 Å². The SMILES string of the molecule is CCOCC=CC1=CCCCC1. The van der Waals surface area contributed by atoms with Crippen molar-refractivity contribution in [1.29, 1.82) is 0 Å². The van der Waals surface area contributed by atoms with Gasteiger partial charge < -0.3 is 4.74 Å². The molecule has 0 saturated heterocycles. The first-order valence-corrected chi connectivity index (χ1v) is 4.87. The molecule has 0 aromatic heterocycles. The van der Waals surface area contributed by atoms with Crippen molar-refractivity contribution in [1.82, 2.24) is 0 Å². The fourth-order valence-electron chi connectivity index (χ4n) is 1.40. The Hall–Kier alpha value is -0.560. The van der Waals surface area contributed by atoms with E-state index in [1.807, 2.05) is 6.92 Å². The first kappa shape index (κ1) is 9.53. The monoisotopic (exact) mass is 166 g/mol. The summed E-state index contributed by atoms with van der Waals surface area (Å²) >= 11 is 0. The van der Waals surface area contributed by atoms with E-state index < -0.39 is 0 Å². The smallest absolute Gasteiger partial charge is 0.0650 e. The molecule has 0 saturated carbocycles. The van der Waals surface area contributed by atoms with Crippen LogP contribution in [0.3, 0.4) is 0 Å². The summed E-state index contributed by atoms with van der Waals surface area (Å²) < 4.78 is 5.21. The third-order valence-corrected chi connectivity index (χ3v) is 2.08. The largest absolute Gasteiger partial charge is 0.378 e. The standard InChI is InChI=1S/C11H18O/c1-2-12-10-6-9-11-7-4-3-5-8-11/h6-7,9H,2-5,8,10H2,1H3. The second-order valence-corrected chi connectivity index (χ2v) is 3.09. The molecule has 12 heavy (non-hydrogen) atoms. The van der Waals surface area contributed by atoms with Crippen molar-refractivity contribution in [2.45, 2.75) is 32.6 Å². The molecule has 68 valence electrons. The minimum atomic E-state index is 0.758. The van der Waals surface area contributed by atoms with Crippen LogP contribution in [0.5, 0.6) is 0 Å². The molecule has 0 heterocycles. The van der Waals surface area contributed by atoms with Gasteiger partial charge in [0.15, 0.2) is 0 Å². The maximum atomic E-state index is 5.21. The number of rotatable bonds is 4. The lowest BCUT2D eigenvalue weighted by Gasteiger charge is -2.07. The Morgan fingerprint density at radius 1 is 1.50 bits per heavy atom. The van der Waals surface area contributed by atoms with E-state index in [-0.39, 0.29) is 0 Å². The van der Waals surface area contributed by atoms with E-state index in [4.69, 9.17) is 4.74 Å². The Morgan fingerprint density at radius 3 is 3.08 bits per heavy atom. The molecular weight excluding hydrogens is 148 g/mol. The van der Waals surface area contributed by atoms with Crippen LogP contribution in [0.15, 0.2) is 23.8 Å². The highest BCUT2D eigenvalue weighted by Crippen LogP contribution is 2.17. The predicted molar refractivity (Wildman–Crippen MR) is 52.2 cm³/mol. The number of hydrogen-bond donors (Lipinski definition) is 0. The Labute approximate surface area is 75.1 Å². The molecular formula is C11H18O. The Morgan fingerprint density at radius 2 is 2.42 bits per heavy atom. The molecule has 0 fully saturated rings. The van der Waals surface area contributed by atoms with Gasteiger partial charge in [0, 0.05) is 6.61 Å². The lowest BCUT2D eigenvalue weighted by atomic mass is 9.99. The van der Waals surface area contributed by atoms with Gasteiger partial charge in [-0.15, -0.1) is 0 Å². The number of ether oxygens (including phenoxy) is 1. The first-order chi connectivity index (χ1) is 5.93. The van der Waals surface area contributed by atoms with Crippen molar-refractivity contribution in [2.24, 2.45) is 0 Å². The average molecular weight is 166 g/mol. The zero-order chi connectivity index (χ0) is 8.65. The van der Waals surface area contributed by atoms with Gasteiger partial charge in [-0.2, -0.15) is 0 Å². The quantitative estimate of drug-likeness (QED) is 0.583. The van der Waals surface area contributed by atoms with Gasteiger partial charge >= 0.3 is 0 Å². The van der Waals surface area contributed by atoms with Gasteiger partial charge in [0.25, 0.3) is 0 Å². The third-order valence-electron chi connectivity index (χ3n) is 2.08. The highest BCUT2D eigenvalue weighted by molar-refractivity contribution is 5.20. The maximum Gasteiger partial charge on any atom is 0.0650 e. The zero-order valence-electron chi connectivity index (χ0n) is 7.88. The Kier molecular flexibility index (Phi) is 4.77. The predicted octanol–water partition coefficient (Wildman–Crippen LogP) is 3.08. The third kappa shape index (κ3) is 3.72. The van der Waals surface area contributed by atoms with Gasteiger partial charge in [0.05, 0.1) is 6.61 Å². The molecule has 0 aromatic carbocycles. The summed E-state index contributed by atoms with van der Waals surface area (Å²) in [6, 6.07) is 0. The molecule has 0 N–H and O–H groups in total. The van der Waals surface area contributed by atoms with E-state index in [1.165, 1.54) is 31.3 Å². The second-order valence-electron chi connectivity index (χ2n) is 3.09. The molecule has 0 bridgehead atoms. The van der Waals surface area contributed by atoms with Gasteiger partial charge in [-0.25, -0.2) is 0 Å². The lowest BCUT2D eigenvalue weighted by molar-refractivity contribution is 0.177. The van der Waals surface area contributed by atoms with Crippen LogP contribution in [0.2, 0.25) is 0 Å². The van der Waals surface area contributed by atoms with Gasteiger partial charge in [-0.3, -0.25) is 0 Å². The molecule has 1 rings (SSSR count). The van der Waals surface area contributed by atoms with Crippen LogP contribution in [0, 0.1) is 0 Å². The van der Waals surface area contributed by atoms with E-state index in [0.717, 1.165) is 13.2 Å². The van der Waals surface area contributed by atoms with Crippen molar-refractivity contribution >= 4 is 0 Å². The minimum Gasteiger partial charge on any atom is -0.378 e. The molecule has 0 spiro atoms. The summed E-state index contributed by atoms with van der Waals surface area (Å²) in [6.07, 6.45) is 11.9. The lowest BCUT2D eigenvalue weighted by Crippen LogP contribution is -1.91. The highest BCUT2D eigenvalue weighted by Gasteiger charge is 1.98. The van der Waals surface area contributed by atoms with Crippen molar-refractivity contribution in [2.75, 3.05) is 13.2 Å². The summed E-state index contributed by atoms with van der Waals surface area (Å²) in [5.41, 5.74) is 1.49. The van der Waals surface area contributed by atoms with Crippen LogP contribution in [0.25, 0.3) is 0 Å². The van der Waals surface area contributed by atoms with Crippen LogP contribution in [0.1, 0.15) is 32.6 Å². The van der Waals surface area contributed by atoms with Crippen molar-refractivity contribution in [3.05, 3.63) is 23.8 Å². The van der Waals surface area contributed by atoms with Crippen LogP contribution >= 0.6 is 0 Å². The molecule has 0 aliphatic heterocycles. The molecule has 1 heteroatoms. The highest BCUT2D eigenvalue weighted by atomic mass is 16.5. The number of allylic oxidation sites excluding steroid dienone is 3. The topological polar surface area (TPSA) is 9.23 Å². The molecule has 0 aromatic rings. The van der Waals surface area contributed by atoms with E-state index in [2.05, 4.69) is 18.2 Å². The summed E-state index contributed by atoms with van der Waals surface area (Å²) in [7, 11) is 0. The fraction of sp³-hybridized carbons (Fsp3) is 0.636. The van der Waals surface area contributed by atoms with Gasteiger partial charge in [-0.1, -0.05) is 23.8 Å². The van der Waals surface area contributed by atoms with Gasteiger partial charge in [0.1, 0.15) is 0 Å². The molecule has 0 amide bonds. The van der Waals surface area contributed by atoms with Crippen LogP contribution in [0.4, 0.5) is 0 Å².